The molecule has 1 aromatic heterocycles. The summed E-state index contributed by atoms with van der Waals surface area (Å²) in [6, 6.07) is 10.9. The SMILES string of the molecule is CCNC(CCc1ccsc1)c1cccc(OC)c1. The summed E-state index contributed by atoms with van der Waals surface area (Å²) in [4.78, 5) is 0. The largest absolute Gasteiger partial charge is 0.497 e. The van der Waals surface area contributed by atoms with Gasteiger partial charge in [-0.25, -0.2) is 0 Å². The third kappa shape index (κ3) is 4.08. The number of ether oxygens (including phenoxy) is 1. The van der Waals surface area contributed by atoms with E-state index in [9.17, 15) is 0 Å². The molecule has 1 aromatic carbocycles. The Hall–Kier alpha value is -1.32. The molecular formula is C16H21NOS. The monoisotopic (exact) mass is 275 g/mol. The van der Waals surface area contributed by atoms with Crippen LogP contribution in [0.4, 0.5) is 0 Å². The van der Waals surface area contributed by atoms with Gasteiger partial charge in [0.05, 0.1) is 7.11 Å². The first-order chi connectivity index (χ1) is 9.33. The summed E-state index contributed by atoms with van der Waals surface area (Å²) in [5.74, 6) is 0.927. The van der Waals surface area contributed by atoms with E-state index in [1.807, 2.05) is 6.07 Å². The average Bonchev–Trinajstić information content (AvgIpc) is 2.97. The molecule has 2 aromatic rings. The molecule has 0 aliphatic heterocycles. The van der Waals surface area contributed by atoms with E-state index in [0.29, 0.717) is 6.04 Å². The second-order valence-electron chi connectivity index (χ2n) is 4.56. The maximum absolute atomic E-state index is 5.31. The minimum Gasteiger partial charge on any atom is -0.497 e. The van der Waals surface area contributed by atoms with Crippen LogP contribution >= 0.6 is 11.3 Å². The average molecular weight is 275 g/mol. The molecule has 0 spiro atoms. The van der Waals surface area contributed by atoms with Crippen LogP contribution < -0.4 is 10.1 Å². The Balaban J connectivity index is 2.05. The van der Waals surface area contributed by atoms with Gasteiger partial charge in [0, 0.05) is 6.04 Å². The van der Waals surface area contributed by atoms with E-state index in [0.717, 1.165) is 25.1 Å². The lowest BCUT2D eigenvalue weighted by molar-refractivity contribution is 0.412. The van der Waals surface area contributed by atoms with Crippen molar-refractivity contribution in [3.8, 4) is 5.75 Å². The summed E-state index contributed by atoms with van der Waals surface area (Å²) in [6.07, 6.45) is 2.22. The molecule has 1 atom stereocenters. The van der Waals surface area contributed by atoms with Gasteiger partial charge in [-0.1, -0.05) is 19.1 Å². The zero-order chi connectivity index (χ0) is 13.5. The summed E-state index contributed by atoms with van der Waals surface area (Å²) < 4.78 is 5.31. The summed E-state index contributed by atoms with van der Waals surface area (Å²) in [5, 5.41) is 7.93. The van der Waals surface area contributed by atoms with E-state index < -0.39 is 0 Å². The molecule has 0 saturated carbocycles. The van der Waals surface area contributed by atoms with Crippen molar-refractivity contribution in [2.24, 2.45) is 0 Å². The zero-order valence-corrected chi connectivity index (χ0v) is 12.4. The van der Waals surface area contributed by atoms with Gasteiger partial charge >= 0.3 is 0 Å². The first-order valence-electron chi connectivity index (χ1n) is 6.72. The van der Waals surface area contributed by atoms with Gasteiger partial charge in [-0.3, -0.25) is 0 Å². The molecule has 2 rings (SSSR count). The second kappa shape index (κ2) is 7.31. The van der Waals surface area contributed by atoms with Crippen molar-refractivity contribution in [3.05, 3.63) is 52.2 Å². The van der Waals surface area contributed by atoms with Crippen LogP contribution in [0.15, 0.2) is 41.1 Å². The lowest BCUT2D eigenvalue weighted by Crippen LogP contribution is -2.21. The molecule has 0 aliphatic rings. The van der Waals surface area contributed by atoms with Crippen LogP contribution in [-0.2, 0) is 6.42 Å². The Labute approximate surface area is 119 Å². The van der Waals surface area contributed by atoms with Crippen molar-refractivity contribution in [2.45, 2.75) is 25.8 Å². The minimum atomic E-state index is 0.389. The van der Waals surface area contributed by atoms with Gasteiger partial charge in [0.1, 0.15) is 5.75 Å². The van der Waals surface area contributed by atoms with Gasteiger partial charge in [0.2, 0.25) is 0 Å². The minimum absolute atomic E-state index is 0.389. The van der Waals surface area contributed by atoms with Gasteiger partial charge in [-0.05, 0) is 59.5 Å². The number of rotatable bonds is 7. The third-order valence-corrected chi connectivity index (χ3v) is 3.98. The highest BCUT2D eigenvalue weighted by molar-refractivity contribution is 7.07. The maximum Gasteiger partial charge on any atom is 0.119 e. The molecule has 3 heteroatoms. The highest BCUT2D eigenvalue weighted by atomic mass is 32.1. The smallest absolute Gasteiger partial charge is 0.119 e. The Bertz CT molecular complexity index is 481. The summed E-state index contributed by atoms with van der Waals surface area (Å²) >= 11 is 1.77. The number of hydrogen-bond acceptors (Lipinski definition) is 3. The van der Waals surface area contributed by atoms with Gasteiger partial charge in [0.15, 0.2) is 0 Å². The number of hydrogen-bond donors (Lipinski definition) is 1. The van der Waals surface area contributed by atoms with Crippen LogP contribution in [0.5, 0.6) is 5.75 Å². The molecule has 1 unspecified atom stereocenters. The van der Waals surface area contributed by atoms with Crippen molar-refractivity contribution in [1.82, 2.24) is 5.32 Å². The molecule has 1 N–H and O–H groups in total. The Morgan fingerprint density at radius 2 is 2.21 bits per heavy atom. The van der Waals surface area contributed by atoms with E-state index in [2.05, 4.69) is 47.3 Å². The molecule has 2 nitrogen and oxygen atoms in total. The van der Waals surface area contributed by atoms with Crippen molar-refractivity contribution >= 4 is 11.3 Å². The van der Waals surface area contributed by atoms with E-state index in [-0.39, 0.29) is 0 Å². The van der Waals surface area contributed by atoms with Crippen molar-refractivity contribution in [3.63, 3.8) is 0 Å². The third-order valence-electron chi connectivity index (χ3n) is 3.25. The molecule has 0 amide bonds. The lowest BCUT2D eigenvalue weighted by atomic mass is 10.00. The predicted molar refractivity (Wildman–Crippen MR) is 82.1 cm³/mol. The second-order valence-corrected chi connectivity index (χ2v) is 5.34. The van der Waals surface area contributed by atoms with Gasteiger partial charge in [-0.15, -0.1) is 0 Å². The van der Waals surface area contributed by atoms with E-state index in [1.54, 1.807) is 18.4 Å². The maximum atomic E-state index is 5.31. The highest BCUT2D eigenvalue weighted by Gasteiger charge is 2.11. The molecule has 0 saturated heterocycles. The highest BCUT2D eigenvalue weighted by Crippen LogP contribution is 2.23. The van der Waals surface area contributed by atoms with Crippen LogP contribution in [0.3, 0.4) is 0 Å². The standard InChI is InChI=1S/C16H21NOS/c1-3-17-16(8-7-13-9-10-19-12-13)14-5-4-6-15(11-14)18-2/h4-6,9-12,16-17H,3,7-8H2,1-2H3. The van der Waals surface area contributed by atoms with Crippen LogP contribution in [0.1, 0.15) is 30.5 Å². The fourth-order valence-corrected chi connectivity index (χ4v) is 2.94. The topological polar surface area (TPSA) is 21.3 Å². The van der Waals surface area contributed by atoms with Crippen molar-refractivity contribution in [2.75, 3.05) is 13.7 Å². The van der Waals surface area contributed by atoms with Crippen molar-refractivity contribution < 1.29 is 4.74 Å². The molecule has 0 aliphatic carbocycles. The Morgan fingerprint density at radius 1 is 1.32 bits per heavy atom. The summed E-state index contributed by atoms with van der Waals surface area (Å²) in [6.45, 7) is 3.13. The van der Waals surface area contributed by atoms with E-state index in [4.69, 9.17) is 4.74 Å². The molecule has 0 radical (unpaired) electrons. The Morgan fingerprint density at radius 3 is 2.89 bits per heavy atom. The molecular weight excluding hydrogens is 254 g/mol. The fraction of sp³-hybridized carbons (Fsp3) is 0.375. The first kappa shape index (κ1) is 14.1. The van der Waals surface area contributed by atoms with Gasteiger partial charge < -0.3 is 10.1 Å². The van der Waals surface area contributed by atoms with Crippen molar-refractivity contribution in [1.29, 1.82) is 0 Å². The van der Waals surface area contributed by atoms with E-state index >= 15 is 0 Å². The molecule has 19 heavy (non-hydrogen) atoms. The molecule has 0 bridgehead atoms. The number of benzene rings is 1. The van der Waals surface area contributed by atoms with Crippen LogP contribution in [0.2, 0.25) is 0 Å². The zero-order valence-electron chi connectivity index (χ0n) is 11.6. The van der Waals surface area contributed by atoms with Crippen LogP contribution in [0.25, 0.3) is 0 Å². The number of aryl methyl sites for hydroxylation is 1. The fourth-order valence-electron chi connectivity index (χ4n) is 2.24. The van der Waals surface area contributed by atoms with Crippen LogP contribution in [0, 0.1) is 0 Å². The van der Waals surface area contributed by atoms with E-state index in [1.165, 1.54) is 11.1 Å². The number of methoxy groups -OCH3 is 1. The number of nitrogens with one attached hydrogen (secondary N) is 1. The summed E-state index contributed by atoms with van der Waals surface area (Å²) in [7, 11) is 1.72. The molecule has 1 heterocycles. The normalized spacial score (nSPS) is 12.3. The lowest BCUT2D eigenvalue weighted by Gasteiger charge is -2.18. The van der Waals surface area contributed by atoms with Crippen LogP contribution in [-0.4, -0.2) is 13.7 Å². The van der Waals surface area contributed by atoms with Gasteiger partial charge in [-0.2, -0.15) is 11.3 Å². The van der Waals surface area contributed by atoms with Gasteiger partial charge in [0.25, 0.3) is 0 Å². The first-order valence-corrected chi connectivity index (χ1v) is 7.66. The predicted octanol–water partition coefficient (Wildman–Crippen LogP) is 4.04. The summed E-state index contributed by atoms with van der Waals surface area (Å²) in [5.41, 5.74) is 2.73. The Kier molecular flexibility index (Phi) is 5.43. The quantitative estimate of drug-likeness (QED) is 0.823. The number of thiophene rings is 1. The molecule has 102 valence electrons. The molecule has 0 fully saturated rings.